The van der Waals surface area contributed by atoms with Crippen LogP contribution in [0.4, 0.5) is 4.39 Å². The van der Waals surface area contributed by atoms with Crippen molar-refractivity contribution >= 4 is 31.9 Å². The molecule has 0 amide bonds. The van der Waals surface area contributed by atoms with Gasteiger partial charge in [-0.25, -0.2) is 4.39 Å². The Morgan fingerprint density at radius 2 is 1.67 bits per heavy atom. The molecule has 0 aliphatic heterocycles. The van der Waals surface area contributed by atoms with Crippen LogP contribution in [-0.4, -0.2) is 23.4 Å². The highest BCUT2D eigenvalue weighted by atomic mass is 79.9. The fourth-order valence-corrected chi connectivity index (χ4v) is 3.48. The summed E-state index contributed by atoms with van der Waals surface area (Å²) in [5.74, 6) is -0.350. The Balaban J connectivity index is 2.48. The van der Waals surface area contributed by atoms with Crippen LogP contribution in [0.3, 0.4) is 0 Å². The molecular formula is C16H15Br2FO2. The molecule has 0 aromatic heterocycles. The number of halogens is 3. The lowest BCUT2D eigenvalue weighted by molar-refractivity contribution is 0.115. The van der Waals surface area contributed by atoms with E-state index >= 15 is 0 Å². The molecule has 112 valence electrons. The second-order valence-electron chi connectivity index (χ2n) is 4.99. The van der Waals surface area contributed by atoms with Crippen molar-refractivity contribution in [3.8, 4) is 0 Å². The Morgan fingerprint density at radius 3 is 2.29 bits per heavy atom. The summed E-state index contributed by atoms with van der Waals surface area (Å²) in [4.78, 5) is 0. The molecule has 2 rings (SSSR count). The van der Waals surface area contributed by atoms with E-state index in [0.717, 1.165) is 14.5 Å². The van der Waals surface area contributed by atoms with Gasteiger partial charge in [-0.1, -0.05) is 50.1 Å². The first-order chi connectivity index (χ1) is 10.0. The third-order valence-electron chi connectivity index (χ3n) is 3.59. The van der Waals surface area contributed by atoms with Gasteiger partial charge in [-0.2, -0.15) is 0 Å². The van der Waals surface area contributed by atoms with Crippen LogP contribution in [0, 0.1) is 5.82 Å². The molecule has 0 aliphatic rings. The van der Waals surface area contributed by atoms with Gasteiger partial charge in [-0.05, 0) is 41.8 Å². The highest BCUT2D eigenvalue weighted by molar-refractivity contribution is 9.10. The summed E-state index contributed by atoms with van der Waals surface area (Å²) in [6.45, 7) is -0.559. The van der Waals surface area contributed by atoms with Crippen LogP contribution in [-0.2, 0) is 11.8 Å². The van der Waals surface area contributed by atoms with Gasteiger partial charge in [0.1, 0.15) is 5.82 Å². The van der Waals surface area contributed by atoms with E-state index in [2.05, 4.69) is 31.9 Å². The van der Waals surface area contributed by atoms with Crippen LogP contribution in [0.1, 0.15) is 11.1 Å². The third-order valence-corrected chi connectivity index (χ3v) is 4.77. The maximum atomic E-state index is 14.0. The van der Waals surface area contributed by atoms with E-state index in [0.29, 0.717) is 5.56 Å². The highest BCUT2D eigenvalue weighted by Gasteiger charge is 2.34. The molecular weight excluding hydrogens is 403 g/mol. The maximum absolute atomic E-state index is 14.0. The van der Waals surface area contributed by atoms with E-state index in [1.54, 1.807) is 12.1 Å². The average Bonchev–Trinajstić information content (AvgIpc) is 2.49. The number of hydrogen-bond acceptors (Lipinski definition) is 2. The zero-order chi connectivity index (χ0) is 15.5. The van der Waals surface area contributed by atoms with Crippen molar-refractivity contribution in [2.24, 2.45) is 0 Å². The summed E-state index contributed by atoms with van der Waals surface area (Å²) in [5, 5.41) is 19.7. The second-order valence-corrected chi connectivity index (χ2v) is 6.76. The number of hydrogen-bond donors (Lipinski definition) is 2. The van der Waals surface area contributed by atoms with E-state index in [9.17, 15) is 14.6 Å². The molecule has 2 N–H and O–H groups in total. The quantitative estimate of drug-likeness (QED) is 0.776. The summed E-state index contributed by atoms with van der Waals surface area (Å²) in [7, 11) is 0. The Kier molecular flexibility index (Phi) is 5.54. The lowest BCUT2D eigenvalue weighted by Crippen LogP contribution is -2.38. The third kappa shape index (κ3) is 3.54. The molecule has 0 saturated heterocycles. The van der Waals surface area contributed by atoms with E-state index in [-0.39, 0.29) is 25.5 Å². The Morgan fingerprint density at radius 1 is 1.00 bits per heavy atom. The molecule has 0 spiro atoms. The molecule has 0 heterocycles. The van der Waals surface area contributed by atoms with Crippen LogP contribution < -0.4 is 0 Å². The Hall–Kier alpha value is -0.750. The van der Waals surface area contributed by atoms with Gasteiger partial charge < -0.3 is 10.2 Å². The standard InChI is InChI=1S/C16H15Br2FO2/c17-12-5-6-15(19)11(7-12)8-16(9-20,10-21)13-3-1-2-4-14(13)18/h1-7,20-21H,8-10H2. The molecule has 2 aromatic rings. The van der Waals surface area contributed by atoms with Crippen molar-refractivity contribution in [3.63, 3.8) is 0 Å². The lowest BCUT2D eigenvalue weighted by Gasteiger charge is -2.31. The van der Waals surface area contributed by atoms with Gasteiger partial charge in [0.2, 0.25) is 0 Å². The number of aliphatic hydroxyl groups is 2. The van der Waals surface area contributed by atoms with Crippen LogP contribution in [0.5, 0.6) is 0 Å². The van der Waals surface area contributed by atoms with Gasteiger partial charge in [0, 0.05) is 14.4 Å². The van der Waals surface area contributed by atoms with Crippen LogP contribution in [0.15, 0.2) is 51.4 Å². The zero-order valence-corrected chi connectivity index (χ0v) is 14.4. The molecule has 0 atom stereocenters. The van der Waals surface area contributed by atoms with Crippen molar-refractivity contribution in [3.05, 3.63) is 68.4 Å². The summed E-state index contributed by atoms with van der Waals surface area (Å²) in [6.07, 6.45) is 0.202. The molecule has 2 aromatic carbocycles. The predicted octanol–water partition coefficient (Wildman–Crippen LogP) is 3.82. The van der Waals surface area contributed by atoms with Gasteiger partial charge in [0.05, 0.1) is 13.2 Å². The van der Waals surface area contributed by atoms with Crippen LogP contribution in [0.25, 0.3) is 0 Å². The van der Waals surface area contributed by atoms with Gasteiger partial charge in [-0.3, -0.25) is 0 Å². The molecule has 0 unspecified atom stereocenters. The first-order valence-electron chi connectivity index (χ1n) is 6.43. The van der Waals surface area contributed by atoms with E-state index < -0.39 is 5.41 Å². The molecule has 0 fully saturated rings. The lowest BCUT2D eigenvalue weighted by atomic mass is 9.76. The molecule has 5 heteroatoms. The van der Waals surface area contributed by atoms with Gasteiger partial charge in [0.25, 0.3) is 0 Å². The normalized spacial score (nSPS) is 11.7. The first-order valence-corrected chi connectivity index (χ1v) is 8.01. The molecule has 0 aliphatic carbocycles. The van der Waals surface area contributed by atoms with E-state index in [4.69, 9.17) is 0 Å². The average molecular weight is 418 g/mol. The predicted molar refractivity (Wildman–Crippen MR) is 87.8 cm³/mol. The summed E-state index contributed by atoms with van der Waals surface area (Å²) >= 11 is 6.75. The summed E-state index contributed by atoms with van der Waals surface area (Å²) in [6, 6.07) is 12.0. The fourth-order valence-electron chi connectivity index (χ4n) is 2.36. The van der Waals surface area contributed by atoms with E-state index in [1.807, 2.05) is 24.3 Å². The minimum atomic E-state index is -0.943. The SMILES string of the molecule is OCC(CO)(Cc1cc(Br)ccc1F)c1ccccc1Br. The Labute approximate surface area is 139 Å². The number of rotatable bonds is 5. The fraction of sp³-hybridized carbons (Fsp3) is 0.250. The van der Waals surface area contributed by atoms with Crippen molar-refractivity contribution < 1.29 is 14.6 Å². The van der Waals surface area contributed by atoms with Gasteiger partial charge in [0.15, 0.2) is 0 Å². The summed E-state index contributed by atoms with van der Waals surface area (Å²) < 4.78 is 15.5. The van der Waals surface area contributed by atoms with Crippen molar-refractivity contribution in [2.45, 2.75) is 11.8 Å². The highest BCUT2D eigenvalue weighted by Crippen LogP contribution is 2.34. The Bertz CT molecular complexity index is 627. The molecule has 0 radical (unpaired) electrons. The molecule has 2 nitrogen and oxygen atoms in total. The number of benzene rings is 2. The smallest absolute Gasteiger partial charge is 0.126 e. The van der Waals surface area contributed by atoms with Gasteiger partial charge >= 0.3 is 0 Å². The molecule has 0 saturated carbocycles. The van der Waals surface area contributed by atoms with Crippen molar-refractivity contribution in [2.75, 3.05) is 13.2 Å². The molecule has 21 heavy (non-hydrogen) atoms. The van der Waals surface area contributed by atoms with Gasteiger partial charge in [-0.15, -0.1) is 0 Å². The van der Waals surface area contributed by atoms with Crippen molar-refractivity contribution in [1.82, 2.24) is 0 Å². The van der Waals surface area contributed by atoms with E-state index in [1.165, 1.54) is 6.07 Å². The number of aliphatic hydroxyl groups excluding tert-OH is 2. The topological polar surface area (TPSA) is 40.5 Å². The summed E-state index contributed by atoms with van der Waals surface area (Å²) in [5.41, 5.74) is 0.263. The minimum absolute atomic E-state index is 0.202. The first kappa shape index (κ1) is 16.6. The maximum Gasteiger partial charge on any atom is 0.126 e. The second kappa shape index (κ2) is 7.01. The molecule has 0 bridgehead atoms. The zero-order valence-electron chi connectivity index (χ0n) is 11.2. The largest absolute Gasteiger partial charge is 0.395 e. The monoisotopic (exact) mass is 416 g/mol. The van der Waals surface area contributed by atoms with Crippen molar-refractivity contribution in [1.29, 1.82) is 0 Å². The van der Waals surface area contributed by atoms with Crippen LogP contribution >= 0.6 is 31.9 Å². The van der Waals surface area contributed by atoms with Crippen LogP contribution in [0.2, 0.25) is 0 Å². The minimum Gasteiger partial charge on any atom is -0.395 e.